The lowest BCUT2D eigenvalue weighted by Gasteiger charge is -2.22. The Balaban J connectivity index is 1.84. The molecule has 4 N–H and O–H groups in total. The summed E-state index contributed by atoms with van der Waals surface area (Å²) in [7, 11) is -3.78. The molecule has 110 valence electrons. The molecule has 2 aliphatic rings. The van der Waals surface area contributed by atoms with Gasteiger partial charge in [-0.25, -0.2) is 8.42 Å². The van der Waals surface area contributed by atoms with Crippen molar-refractivity contribution in [1.82, 2.24) is 19.8 Å². The van der Waals surface area contributed by atoms with Gasteiger partial charge in [-0.05, 0) is 25.7 Å². The molecule has 1 saturated carbocycles. The summed E-state index contributed by atoms with van der Waals surface area (Å²) in [6.45, 7) is 0.329. The molecular formula is C11H17N5O3S. The van der Waals surface area contributed by atoms with Crippen LogP contribution >= 0.6 is 0 Å². The quantitative estimate of drug-likeness (QED) is 0.687. The molecule has 1 unspecified atom stereocenters. The van der Waals surface area contributed by atoms with E-state index in [0.717, 1.165) is 12.8 Å². The Bertz CT molecular complexity index is 622. The fraction of sp³-hybridized carbons (Fsp3) is 0.636. The minimum Gasteiger partial charge on any atom is -0.383 e. The highest BCUT2D eigenvalue weighted by Crippen LogP contribution is 2.29. The number of amides is 1. The van der Waals surface area contributed by atoms with Crippen LogP contribution in [0.5, 0.6) is 0 Å². The van der Waals surface area contributed by atoms with Crippen molar-refractivity contribution in [3.8, 4) is 0 Å². The number of carbonyl (C=O) groups excluding carboxylic acids is 1. The summed E-state index contributed by atoms with van der Waals surface area (Å²) in [5.41, 5.74) is 5.58. The number of aromatic amines is 1. The number of anilines is 1. The third kappa shape index (κ3) is 2.27. The van der Waals surface area contributed by atoms with Crippen LogP contribution in [0.4, 0.5) is 5.82 Å². The zero-order chi connectivity index (χ0) is 14.3. The molecule has 1 aliphatic carbocycles. The van der Waals surface area contributed by atoms with Crippen LogP contribution in [0.25, 0.3) is 0 Å². The van der Waals surface area contributed by atoms with Crippen molar-refractivity contribution < 1.29 is 13.2 Å². The summed E-state index contributed by atoms with van der Waals surface area (Å²) in [4.78, 5) is 12.1. The van der Waals surface area contributed by atoms with Crippen LogP contribution in [-0.2, 0) is 14.8 Å². The van der Waals surface area contributed by atoms with Gasteiger partial charge in [-0.1, -0.05) is 0 Å². The Morgan fingerprint density at radius 3 is 2.80 bits per heavy atom. The Labute approximate surface area is 116 Å². The van der Waals surface area contributed by atoms with Crippen LogP contribution in [-0.4, -0.2) is 47.5 Å². The maximum absolute atomic E-state index is 12.5. The smallest absolute Gasteiger partial charge is 0.249 e. The molecule has 9 heteroatoms. The van der Waals surface area contributed by atoms with E-state index in [1.54, 1.807) is 0 Å². The fourth-order valence-corrected chi connectivity index (χ4v) is 4.10. The number of rotatable bonds is 4. The van der Waals surface area contributed by atoms with Crippen LogP contribution in [0.15, 0.2) is 11.1 Å². The minimum absolute atomic E-state index is 0.00162. The second kappa shape index (κ2) is 4.74. The third-order valence-electron chi connectivity index (χ3n) is 3.65. The number of nitrogen functional groups attached to an aromatic ring is 1. The lowest BCUT2D eigenvalue weighted by molar-refractivity contribution is -0.124. The van der Waals surface area contributed by atoms with Crippen molar-refractivity contribution in [3.63, 3.8) is 0 Å². The molecule has 3 rings (SSSR count). The van der Waals surface area contributed by atoms with Gasteiger partial charge in [0.1, 0.15) is 16.8 Å². The van der Waals surface area contributed by atoms with Crippen LogP contribution in [0.2, 0.25) is 0 Å². The predicted molar refractivity (Wildman–Crippen MR) is 71.1 cm³/mol. The van der Waals surface area contributed by atoms with Crippen LogP contribution in [0.3, 0.4) is 0 Å². The van der Waals surface area contributed by atoms with Crippen molar-refractivity contribution in [3.05, 3.63) is 6.20 Å². The first-order chi connectivity index (χ1) is 9.50. The first kappa shape index (κ1) is 13.4. The number of hydrogen-bond acceptors (Lipinski definition) is 5. The number of aromatic nitrogens is 2. The summed E-state index contributed by atoms with van der Waals surface area (Å²) >= 11 is 0. The summed E-state index contributed by atoms with van der Waals surface area (Å²) in [6, 6.07) is -0.429. The minimum atomic E-state index is -3.78. The molecule has 1 atom stereocenters. The van der Waals surface area contributed by atoms with E-state index in [1.165, 1.54) is 10.5 Å². The number of carbonyl (C=O) groups is 1. The van der Waals surface area contributed by atoms with Gasteiger partial charge in [0.2, 0.25) is 15.9 Å². The molecule has 0 radical (unpaired) electrons. The lowest BCUT2D eigenvalue weighted by atomic mass is 10.2. The van der Waals surface area contributed by atoms with Crippen molar-refractivity contribution in [2.24, 2.45) is 0 Å². The number of nitrogens with zero attached hydrogens (tertiary/aromatic N) is 2. The number of nitrogens with one attached hydrogen (secondary N) is 2. The van der Waals surface area contributed by atoms with Crippen molar-refractivity contribution in [2.75, 3.05) is 12.3 Å². The molecule has 2 fully saturated rings. The Morgan fingerprint density at radius 2 is 2.20 bits per heavy atom. The molecule has 0 aromatic carbocycles. The molecule has 0 spiro atoms. The molecule has 1 aromatic heterocycles. The van der Waals surface area contributed by atoms with E-state index in [0.29, 0.717) is 19.4 Å². The fourth-order valence-electron chi connectivity index (χ4n) is 2.43. The van der Waals surface area contributed by atoms with E-state index >= 15 is 0 Å². The highest BCUT2D eigenvalue weighted by Gasteiger charge is 2.41. The van der Waals surface area contributed by atoms with Gasteiger partial charge in [0, 0.05) is 12.6 Å². The third-order valence-corrected chi connectivity index (χ3v) is 5.58. The Hall–Kier alpha value is -1.61. The van der Waals surface area contributed by atoms with E-state index in [1.807, 2.05) is 0 Å². The number of H-pyrrole nitrogens is 1. The van der Waals surface area contributed by atoms with E-state index in [4.69, 9.17) is 5.73 Å². The number of sulfonamides is 1. The second-order valence-corrected chi connectivity index (χ2v) is 7.06. The Morgan fingerprint density at radius 1 is 1.45 bits per heavy atom. The average Bonchev–Trinajstić information content (AvgIpc) is 2.92. The van der Waals surface area contributed by atoms with Gasteiger partial charge in [0.05, 0.1) is 6.20 Å². The molecule has 2 heterocycles. The first-order valence-corrected chi connectivity index (χ1v) is 8.05. The van der Waals surface area contributed by atoms with Gasteiger partial charge < -0.3 is 11.1 Å². The molecular weight excluding hydrogens is 282 g/mol. The predicted octanol–water partition coefficient (Wildman–Crippen LogP) is -0.576. The standard InChI is InChI=1S/C11H17N5O3S/c12-10-9(6-13-15-10)20(18,19)16-5-1-2-8(16)11(17)14-7-3-4-7/h6-8H,1-5H2,(H,14,17)(H3,12,13,15). The first-order valence-electron chi connectivity index (χ1n) is 6.61. The maximum atomic E-state index is 12.5. The van der Waals surface area contributed by atoms with Gasteiger partial charge in [0.25, 0.3) is 0 Å². The van der Waals surface area contributed by atoms with Crippen LogP contribution < -0.4 is 11.1 Å². The number of nitrogens with two attached hydrogens (primary N) is 1. The molecule has 1 saturated heterocycles. The largest absolute Gasteiger partial charge is 0.383 e. The Kier molecular flexibility index (Phi) is 3.17. The SMILES string of the molecule is Nc1[nH]ncc1S(=O)(=O)N1CCCC1C(=O)NC1CC1. The van der Waals surface area contributed by atoms with Crippen LogP contribution in [0.1, 0.15) is 25.7 Å². The van der Waals surface area contributed by atoms with Crippen LogP contribution in [0, 0.1) is 0 Å². The number of hydrogen-bond donors (Lipinski definition) is 3. The molecule has 1 aliphatic heterocycles. The van der Waals surface area contributed by atoms with Gasteiger partial charge in [-0.15, -0.1) is 0 Å². The normalized spacial score (nSPS) is 23.9. The molecule has 20 heavy (non-hydrogen) atoms. The zero-order valence-electron chi connectivity index (χ0n) is 10.9. The van der Waals surface area contributed by atoms with E-state index in [9.17, 15) is 13.2 Å². The summed E-state index contributed by atoms with van der Waals surface area (Å²) in [5.74, 6) is -0.214. The van der Waals surface area contributed by atoms with Crippen molar-refractivity contribution in [1.29, 1.82) is 0 Å². The van der Waals surface area contributed by atoms with Gasteiger partial charge in [0.15, 0.2) is 0 Å². The topological polar surface area (TPSA) is 121 Å². The monoisotopic (exact) mass is 299 g/mol. The second-order valence-electron chi connectivity index (χ2n) is 5.20. The van der Waals surface area contributed by atoms with Crippen molar-refractivity contribution >= 4 is 21.7 Å². The molecule has 0 bridgehead atoms. The molecule has 8 nitrogen and oxygen atoms in total. The van der Waals surface area contributed by atoms with Crippen molar-refractivity contribution in [2.45, 2.75) is 42.7 Å². The zero-order valence-corrected chi connectivity index (χ0v) is 11.7. The highest BCUT2D eigenvalue weighted by molar-refractivity contribution is 7.89. The lowest BCUT2D eigenvalue weighted by Crippen LogP contribution is -2.46. The molecule has 1 aromatic rings. The highest BCUT2D eigenvalue weighted by atomic mass is 32.2. The maximum Gasteiger partial charge on any atom is 0.249 e. The van der Waals surface area contributed by atoms with E-state index in [2.05, 4.69) is 15.5 Å². The average molecular weight is 299 g/mol. The van der Waals surface area contributed by atoms with Gasteiger partial charge >= 0.3 is 0 Å². The molecule has 1 amide bonds. The summed E-state index contributed by atoms with van der Waals surface area (Å²) in [6.07, 6.45) is 4.33. The van der Waals surface area contributed by atoms with E-state index in [-0.39, 0.29) is 22.7 Å². The van der Waals surface area contributed by atoms with E-state index < -0.39 is 16.1 Å². The summed E-state index contributed by atoms with van der Waals surface area (Å²) in [5, 5.41) is 8.90. The van der Waals surface area contributed by atoms with Gasteiger partial charge in [-0.2, -0.15) is 9.40 Å². The summed E-state index contributed by atoms with van der Waals surface area (Å²) < 4.78 is 26.3. The van der Waals surface area contributed by atoms with Gasteiger partial charge in [-0.3, -0.25) is 9.89 Å².